The van der Waals surface area contributed by atoms with Gasteiger partial charge in [0.05, 0.1) is 6.61 Å². The Kier molecular flexibility index (Phi) is 6.28. The molecule has 0 unspecified atom stereocenters. The Balaban J connectivity index is 1.34. The zero-order valence-corrected chi connectivity index (χ0v) is 16.9. The lowest BCUT2D eigenvalue weighted by Gasteiger charge is -2.47. The van der Waals surface area contributed by atoms with Gasteiger partial charge in [0.1, 0.15) is 0 Å². The number of nitrogens with zero attached hydrogens (tertiary/aromatic N) is 2. The number of ether oxygens (including phenoxy) is 1. The summed E-state index contributed by atoms with van der Waals surface area (Å²) in [7, 11) is 0. The summed E-state index contributed by atoms with van der Waals surface area (Å²) in [6, 6.07) is 16.6. The van der Waals surface area contributed by atoms with Gasteiger partial charge in [-0.15, -0.1) is 0 Å². The lowest BCUT2D eigenvalue weighted by Crippen LogP contribution is -2.49. The highest BCUT2D eigenvalue weighted by molar-refractivity contribution is 5.19. The molecule has 3 atom stereocenters. The van der Waals surface area contributed by atoms with E-state index in [9.17, 15) is 4.79 Å². The Bertz CT molecular complexity index is 817. The minimum atomic E-state index is 0.188. The van der Waals surface area contributed by atoms with E-state index >= 15 is 0 Å². The number of benzene rings is 1. The largest absolute Gasteiger partial charge is 0.377 e. The molecule has 2 aliphatic heterocycles. The third-order valence-corrected chi connectivity index (χ3v) is 6.33. The van der Waals surface area contributed by atoms with Gasteiger partial charge in [-0.1, -0.05) is 49.7 Å². The van der Waals surface area contributed by atoms with E-state index in [1.54, 1.807) is 6.07 Å². The van der Waals surface area contributed by atoms with Gasteiger partial charge >= 0.3 is 0 Å². The molecule has 0 amide bonds. The highest BCUT2D eigenvalue weighted by atomic mass is 16.5. The molecule has 2 aromatic rings. The van der Waals surface area contributed by atoms with Crippen LogP contribution in [0.3, 0.4) is 0 Å². The Morgan fingerprint density at radius 1 is 1.07 bits per heavy atom. The molecule has 2 bridgehead atoms. The summed E-state index contributed by atoms with van der Waals surface area (Å²) in [6.07, 6.45) is 4.52. The maximum atomic E-state index is 12.6. The highest BCUT2D eigenvalue weighted by Gasteiger charge is 2.39. The third-order valence-electron chi connectivity index (χ3n) is 6.33. The minimum absolute atomic E-state index is 0.188. The van der Waals surface area contributed by atoms with Crippen LogP contribution in [0.5, 0.6) is 0 Å². The molecule has 0 radical (unpaired) electrons. The Hall–Kier alpha value is -1.91. The quantitative estimate of drug-likeness (QED) is 0.643. The minimum Gasteiger partial charge on any atom is -0.377 e. The van der Waals surface area contributed by atoms with Gasteiger partial charge < -0.3 is 14.2 Å². The molecule has 3 heterocycles. The molecular weight excluding hydrogens is 348 g/mol. The predicted octanol–water partition coefficient (Wildman–Crippen LogP) is 4.22. The smallest absolute Gasteiger partial charge is 0.250 e. The summed E-state index contributed by atoms with van der Waals surface area (Å²) < 4.78 is 7.99. The van der Waals surface area contributed by atoms with Gasteiger partial charge in [-0.3, -0.25) is 4.79 Å². The maximum Gasteiger partial charge on any atom is 0.250 e. The number of fused-ring (bicyclic) bond motifs is 4. The molecule has 4 rings (SSSR count). The van der Waals surface area contributed by atoms with E-state index in [2.05, 4.69) is 46.7 Å². The monoisotopic (exact) mass is 380 g/mol. The summed E-state index contributed by atoms with van der Waals surface area (Å²) in [5.74, 6) is 1.09. The molecule has 28 heavy (non-hydrogen) atoms. The first-order chi connectivity index (χ1) is 13.8. The third kappa shape index (κ3) is 4.23. The van der Waals surface area contributed by atoms with Crippen LogP contribution in [0.15, 0.2) is 53.3 Å². The molecule has 0 saturated carbocycles. The second-order valence-electron chi connectivity index (χ2n) is 8.36. The first-order valence-corrected chi connectivity index (χ1v) is 10.8. The Labute approximate surface area is 168 Å². The van der Waals surface area contributed by atoms with Crippen molar-refractivity contribution in [1.29, 1.82) is 0 Å². The van der Waals surface area contributed by atoms with E-state index < -0.39 is 0 Å². The number of piperidine rings is 1. The van der Waals surface area contributed by atoms with Gasteiger partial charge in [0, 0.05) is 50.0 Å². The molecule has 150 valence electrons. The van der Waals surface area contributed by atoms with Crippen molar-refractivity contribution in [3.8, 4) is 0 Å². The van der Waals surface area contributed by atoms with Gasteiger partial charge in [-0.05, 0) is 36.8 Å². The van der Waals surface area contributed by atoms with Crippen molar-refractivity contribution in [3.63, 3.8) is 0 Å². The van der Waals surface area contributed by atoms with Crippen molar-refractivity contribution in [2.45, 2.75) is 51.2 Å². The topological polar surface area (TPSA) is 34.5 Å². The fourth-order valence-corrected chi connectivity index (χ4v) is 5.14. The van der Waals surface area contributed by atoms with Crippen molar-refractivity contribution in [1.82, 2.24) is 9.47 Å². The molecule has 4 nitrogen and oxygen atoms in total. The van der Waals surface area contributed by atoms with Gasteiger partial charge in [0.2, 0.25) is 0 Å². The molecule has 1 aromatic heterocycles. The maximum absolute atomic E-state index is 12.6. The van der Waals surface area contributed by atoms with Crippen LogP contribution < -0.4 is 5.56 Å². The van der Waals surface area contributed by atoms with E-state index in [0.717, 1.165) is 45.5 Å². The van der Waals surface area contributed by atoms with E-state index in [-0.39, 0.29) is 5.56 Å². The predicted molar refractivity (Wildman–Crippen MR) is 113 cm³/mol. The van der Waals surface area contributed by atoms with Crippen LogP contribution in [0.4, 0.5) is 0 Å². The fourth-order valence-electron chi connectivity index (χ4n) is 5.14. The van der Waals surface area contributed by atoms with Crippen LogP contribution in [0.2, 0.25) is 0 Å². The normalized spacial score (nSPS) is 24.1. The molecular formula is C24H32N2O2. The zero-order valence-electron chi connectivity index (χ0n) is 16.9. The average molecular weight is 381 g/mol. The van der Waals surface area contributed by atoms with E-state index in [4.69, 9.17) is 4.74 Å². The van der Waals surface area contributed by atoms with Crippen LogP contribution in [0, 0.1) is 5.92 Å². The van der Waals surface area contributed by atoms with Crippen LogP contribution in [0.1, 0.15) is 55.8 Å². The summed E-state index contributed by atoms with van der Waals surface area (Å²) in [6.45, 7) is 6.98. The Morgan fingerprint density at radius 2 is 1.93 bits per heavy atom. The van der Waals surface area contributed by atoms with Crippen LogP contribution >= 0.6 is 0 Å². The average Bonchev–Trinajstić information content (AvgIpc) is 2.72. The number of likely N-dealkylation sites (tertiary alicyclic amines) is 1. The van der Waals surface area contributed by atoms with Crippen LogP contribution in [-0.2, 0) is 11.3 Å². The highest BCUT2D eigenvalue weighted by Crippen LogP contribution is 2.42. The molecule has 2 aliphatic rings. The molecule has 1 fully saturated rings. The lowest BCUT2D eigenvalue weighted by molar-refractivity contribution is 0.0685. The van der Waals surface area contributed by atoms with Gasteiger partial charge in [-0.25, -0.2) is 0 Å². The molecule has 4 heteroatoms. The zero-order chi connectivity index (χ0) is 19.3. The van der Waals surface area contributed by atoms with E-state index in [1.165, 1.54) is 17.7 Å². The SMILES string of the molecule is CCC[C@H]1[C@H]2C[C@H](CN(CCCOCc3ccccc3)C2)c2cccc(=O)n21. The lowest BCUT2D eigenvalue weighted by atomic mass is 9.77. The van der Waals surface area contributed by atoms with E-state index in [1.807, 2.05) is 12.1 Å². The summed E-state index contributed by atoms with van der Waals surface area (Å²) in [5, 5.41) is 0. The molecule has 0 spiro atoms. The van der Waals surface area contributed by atoms with Crippen molar-refractivity contribution >= 4 is 0 Å². The van der Waals surface area contributed by atoms with Crippen molar-refractivity contribution < 1.29 is 4.74 Å². The second-order valence-corrected chi connectivity index (χ2v) is 8.36. The first kappa shape index (κ1) is 19.4. The first-order valence-electron chi connectivity index (χ1n) is 10.8. The molecule has 0 aliphatic carbocycles. The Morgan fingerprint density at radius 3 is 2.75 bits per heavy atom. The summed E-state index contributed by atoms with van der Waals surface area (Å²) in [5.41, 5.74) is 2.68. The van der Waals surface area contributed by atoms with Gasteiger partial charge in [-0.2, -0.15) is 0 Å². The molecule has 0 N–H and O–H groups in total. The van der Waals surface area contributed by atoms with Gasteiger partial charge in [0.15, 0.2) is 0 Å². The number of pyridine rings is 1. The van der Waals surface area contributed by atoms with E-state index in [0.29, 0.717) is 24.5 Å². The number of hydrogen-bond donors (Lipinski definition) is 0. The van der Waals surface area contributed by atoms with Crippen molar-refractivity contribution in [3.05, 3.63) is 70.1 Å². The summed E-state index contributed by atoms with van der Waals surface area (Å²) in [4.78, 5) is 15.2. The second kappa shape index (κ2) is 9.06. The standard InChI is InChI=1S/C24H32N2O2/c1-2-8-22-20-15-21(23-11-6-12-24(27)26(22)23)17-25(16-20)13-7-14-28-18-19-9-4-3-5-10-19/h3-6,9-12,20-22H,2,7-8,13-18H2,1H3/t20-,21+,22-/m0/s1. The number of hydrogen-bond acceptors (Lipinski definition) is 3. The van der Waals surface area contributed by atoms with Crippen LogP contribution in [-0.4, -0.2) is 35.7 Å². The number of aromatic nitrogens is 1. The molecule has 1 saturated heterocycles. The number of rotatable bonds is 8. The summed E-state index contributed by atoms with van der Waals surface area (Å²) >= 11 is 0. The van der Waals surface area contributed by atoms with Crippen LogP contribution in [0.25, 0.3) is 0 Å². The van der Waals surface area contributed by atoms with Crippen molar-refractivity contribution in [2.75, 3.05) is 26.2 Å². The molecule has 1 aromatic carbocycles. The van der Waals surface area contributed by atoms with Gasteiger partial charge in [0.25, 0.3) is 5.56 Å². The fraction of sp³-hybridized carbons (Fsp3) is 0.542. The van der Waals surface area contributed by atoms with Crippen molar-refractivity contribution in [2.24, 2.45) is 5.92 Å².